The maximum Gasteiger partial charge on any atom is 0.149 e. The van der Waals surface area contributed by atoms with Crippen molar-refractivity contribution in [1.29, 1.82) is 5.26 Å². The summed E-state index contributed by atoms with van der Waals surface area (Å²) in [7, 11) is 0. The molecule has 2 rings (SSSR count). The van der Waals surface area contributed by atoms with Crippen LogP contribution in [0.3, 0.4) is 0 Å². The lowest BCUT2D eigenvalue weighted by Gasteiger charge is -2.21. The van der Waals surface area contributed by atoms with E-state index in [1.807, 2.05) is 25.3 Å². The Morgan fingerprint density at radius 2 is 1.88 bits per heavy atom. The van der Waals surface area contributed by atoms with Crippen LogP contribution in [0.4, 0.5) is 17.2 Å². The molecule has 1 aromatic carbocycles. The van der Waals surface area contributed by atoms with E-state index < -0.39 is 0 Å². The maximum absolute atomic E-state index is 9.36. The lowest BCUT2D eigenvalue weighted by atomic mass is 9.86. The van der Waals surface area contributed by atoms with Crippen molar-refractivity contribution in [2.45, 2.75) is 47.0 Å². The highest BCUT2D eigenvalue weighted by Crippen LogP contribution is 2.30. The minimum atomic E-state index is -0.0210. The van der Waals surface area contributed by atoms with Crippen LogP contribution in [0.2, 0.25) is 0 Å². The average Bonchev–Trinajstić information content (AvgIpc) is 2.52. The second-order valence-electron chi connectivity index (χ2n) is 7.97. The van der Waals surface area contributed by atoms with Crippen molar-refractivity contribution >= 4 is 17.2 Å². The quantitative estimate of drug-likeness (QED) is 0.770. The molecule has 0 bridgehead atoms. The topological polar surface area (TPSA) is 60.7 Å². The van der Waals surface area contributed by atoms with E-state index in [1.165, 1.54) is 0 Å². The molecule has 4 nitrogen and oxygen atoms in total. The molecule has 2 aromatic rings. The Morgan fingerprint density at radius 1 is 1.16 bits per heavy atom. The molecule has 4 heteroatoms. The molecule has 0 fully saturated rings. The number of anilines is 3. The van der Waals surface area contributed by atoms with Gasteiger partial charge in [-0.15, -0.1) is 0 Å². The SMILES string of the molecule is Cc1cnc(NCC(C)C)c(Nc2cc(C#N)cc(C(C)(C)C)c2)c1. The van der Waals surface area contributed by atoms with Crippen molar-refractivity contribution in [2.24, 2.45) is 5.92 Å². The first-order chi connectivity index (χ1) is 11.7. The molecule has 0 saturated heterocycles. The molecular weight excluding hydrogens is 308 g/mol. The lowest BCUT2D eigenvalue weighted by molar-refractivity contribution is 0.590. The molecular formula is C21H28N4. The molecule has 0 radical (unpaired) electrons. The van der Waals surface area contributed by atoms with Crippen molar-refractivity contribution in [1.82, 2.24) is 4.98 Å². The maximum atomic E-state index is 9.36. The fourth-order valence-corrected chi connectivity index (χ4v) is 2.46. The van der Waals surface area contributed by atoms with Crippen LogP contribution in [-0.4, -0.2) is 11.5 Å². The van der Waals surface area contributed by atoms with E-state index in [4.69, 9.17) is 0 Å². The van der Waals surface area contributed by atoms with Gasteiger partial charge in [0.05, 0.1) is 17.3 Å². The van der Waals surface area contributed by atoms with Gasteiger partial charge in [-0.1, -0.05) is 34.6 Å². The van der Waals surface area contributed by atoms with Crippen molar-refractivity contribution in [3.63, 3.8) is 0 Å². The number of pyridine rings is 1. The van der Waals surface area contributed by atoms with Gasteiger partial charge >= 0.3 is 0 Å². The highest BCUT2D eigenvalue weighted by Gasteiger charge is 2.16. The standard InChI is InChI=1S/C21H28N4/c1-14(2)12-23-20-19(7-15(3)13-24-20)25-18-9-16(11-22)8-17(10-18)21(4,5)6/h7-10,13-14,25H,12H2,1-6H3,(H,23,24). The van der Waals surface area contributed by atoms with E-state index in [0.29, 0.717) is 11.5 Å². The molecule has 0 spiro atoms. The van der Waals surface area contributed by atoms with Gasteiger partial charge in [0.15, 0.2) is 0 Å². The lowest BCUT2D eigenvalue weighted by Crippen LogP contribution is -2.13. The predicted molar refractivity (Wildman–Crippen MR) is 105 cm³/mol. The Labute approximate surface area is 151 Å². The zero-order chi connectivity index (χ0) is 18.6. The van der Waals surface area contributed by atoms with Gasteiger partial charge in [0, 0.05) is 18.4 Å². The van der Waals surface area contributed by atoms with E-state index in [0.717, 1.165) is 34.9 Å². The van der Waals surface area contributed by atoms with Crippen LogP contribution in [0, 0.1) is 24.2 Å². The fourth-order valence-electron chi connectivity index (χ4n) is 2.46. The monoisotopic (exact) mass is 336 g/mol. The highest BCUT2D eigenvalue weighted by atomic mass is 15.0. The molecule has 0 aliphatic carbocycles. The predicted octanol–water partition coefficient (Wildman–Crippen LogP) is 5.37. The summed E-state index contributed by atoms with van der Waals surface area (Å²) in [4.78, 5) is 4.52. The summed E-state index contributed by atoms with van der Waals surface area (Å²) >= 11 is 0. The van der Waals surface area contributed by atoms with Gasteiger partial charge in [-0.2, -0.15) is 5.26 Å². The summed E-state index contributed by atoms with van der Waals surface area (Å²) in [5.41, 5.74) is 4.69. The van der Waals surface area contributed by atoms with E-state index in [1.54, 1.807) is 0 Å². The number of rotatable bonds is 5. The van der Waals surface area contributed by atoms with Crippen LogP contribution < -0.4 is 10.6 Å². The molecule has 132 valence electrons. The molecule has 1 heterocycles. The minimum absolute atomic E-state index is 0.0210. The molecule has 0 atom stereocenters. The third kappa shape index (κ3) is 5.22. The summed E-state index contributed by atoms with van der Waals surface area (Å²) in [5.74, 6) is 1.37. The number of nitrogens with one attached hydrogen (secondary N) is 2. The first-order valence-corrected chi connectivity index (χ1v) is 8.72. The van der Waals surface area contributed by atoms with E-state index in [-0.39, 0.29) is 5.41 Å². The van der Waals surface area contributed by atoms with Crippen molar-refractivity contribution < 1.29 is 0 Å². The van der Waals surface area contributed by atoms with Crippen LogP contribution in [0.25, 0.3) is 0 Å². The molecule has 0 saturated carbocycles. The number of hydrogen-bond donors (Lipinski definition) is 2. The van der Waals surface area contributed by atoms with Crippen molar-refractivity contribution in [2.75, 3.05) is 17.2 Å². The van der Waals surface area contributed by atoms with Gasteiger partial charge in [-0.25, -0.2) is 4.98 Å². The molecule has 25 heavy (non-hydrogen) atoms. The van der Waals surface area contributed by atoms with Crippen LogP contribution >= 0.6 is 0 Å². The van der Waals surface area contributed by atoms with Crippen LogP contribution in [0.15, 0.2) is 30.5 Å². The Kier molecular flexibility index (Phi) is 5.69. The van der Waals surface area contributed by atoms with E-state index in [9.17, 15) is 5.26 Å². The largest absolute Gasteiger partial charge is 0.368 e. The van der Waals surface area contributed by atoms with Crippen molar-refractivity contribution in [3.05, 3.63) is 47.2 Å². The smallest absolute Gasteiger partial charge is 0.149 e. The third-order valence-electron chi connectivity index (χ3n) is 3.91. The molecule has 1 aromatic heterocycles. The molecule has 2 N–H and O–H groups in total. The number of nitriles is 1. The first-order valence-electron chi connectivity index (χ1n) is 8.72. The number of hydrogen-bond acceptors (Lipinski definition) is 4. The third-order valence-corrected chi connectivity index (χ3v) is 3.91. The van der Waals surface area contributed by atoms with E-state index >= 15 is 0 Å². The molecule has 0 amide bonds. The molecule has 0 aliphatic rings. The zero-order valence-electron chi connectivity index (χ0n) is 16.1. The van der Waals surface area contributed by atoms with Crippen LogP contribution in [0.5, 0.6) is 0 Å². The van der Waals surface area contributed by atoms with Crippen LogP contribution in [-0.2, 0) is 5.41 Å². The summed E-state index contributed by atoms with van der Waals surface area (Å²) in [5, 5.41) is 16.2. The normalized spacial score (nSPS) is 11.3. The average molecular weight is 336 g/mol. The number of benzene rings is 1. The Balaban J connectivity index is 2.39. The van der Waals surface area contributed by atoms with Crippen molar-refractivity contribution in [3.8, 4) is 6.07 Å². The Bertz CT molecular complexity index is 779. The minimum Gasteiger partial charge on any atom is -0.368 e. The van der Waals surface area contributed by atoms with Gasteiger partial charge in [0.25, 0.3) is 0 Å². The Hall–Kier alpha value is -2.54. The van der Waals surface area contributed by atoms with Gasteiger partial charge in [-0.3, -0.25) is 0 Å². The van der Waals surface area contributed by atoms with Gasteiger partial charge in [-0.05, 0) is 53.6 Å². The highest BCUT2D eigenvalue weighted by molar-refractivity contribution is 5.73. The molecule has 0 unspecified atom stereocenters. The number of aromatic nitrogens is 1. The summed E-state index contributed by atoms with van der Waals surface area (Å²) in [6.07, 6.45) is 1.86. The first kappa shape index (κ1) is 18.8. The van der Waals surface area contributed by atoms with Gasteiger partial charge in [0.1, 0.15) is 5.82 Å². The zero-order valence-corrected chi connectivity index (χ0v) is 16.1. The number of nitrogens with zero attached hydrogens (tertiary/aromatic N) is 2. The number of aryl methyl sites for hydroxylation is 1. The second-order valence-corrected chi connectivity index (χ2v) is 7.97. The fraction of sp³-hybridized carbons (Fsp3) is 0.429. The van der Waals surface area contributed by atoms with Gasteiger partial charge in [0.2, 0.25) is 0 Å². The van der Waals surface area contributed by atoms with E-state index in [2.05, 4.69) is 68.4 Å². The summed E-state index contributed by atoms with van der Waals surface area (Å²) < 4.78 is 0. The molecule has 0 aliphatic heterocycles. The van der Waals surface area contributed by atoms with Gasteiger partial charge < -0.3 is 10.6 Å². The summed E-state index contributed by atoms with van der Waals surface area (Å²) in [6, 6.07) is 10.3. The Morgan fingerprint density at radius 3 is 2.48 bits per heavy atom. The second kappa shape index (κ2) is 7.57. The summed E-state index contributed by atoms with van der Waals surface area (Å²) in [6.45, 7) is 13.7. The van der Waals surface area contributed by atoms with Crippen LogP contribution in [0.1, 0.15) is 51.3 Å².